The highest BCUT2D eigenvalue weighted by molar-refractivity contribution is 5.96. The van der Waals surface area contributed by atoms with Crippen LogP contribution in [0.15, 0.2) is 30.5 Å². The Kier molecular flexibility index (Phi) is 5.52. The van der Waals surface area contributed by atoms with Gasteiger partial charge in [-0.15, -0.1) is 0 Å². The number of fused-ring (bicyclic) bond motifs is 1. The first kappa shape index (κ1) is 20.4. The molecule has 6 nitrogen and oxygen atoms in total. The van der Waals surface area contributed by atoms with Gasteiger partial charge in [0.05, 0.1) is 23.6 Å². The van der Waals surface area contributed by atoms with E-state index in [1.54, 1.807) is 7.11 Å². The number of carbonyl (C=O) groups excluding carboxylic acids is 1. The molecule has 3 heterocycles. The van der Waals surface area contributed by atoms with Crippen molar-refractivity contribution in [2.45, 2.75) is 34.2 Å². The third kappa shape index (κ3) is 3.67. The molecule has 1 N–H and O–H groups in total. The van der Waals surface area contributed by atoms with Crippen molar-refractivity contribution in [1.82, 2.24) is 14.3 Å². The molecule has 0 atom stereocenters. The van der Waals surface area contributed by atoms with Crippen LogP contribution in [-0.4, -0.2) is 47.0 Å². The monoisotopic (exact) mass is 406 g/mol. The quantitative estimate of drug-likeness (QED) is 0.675. The van der Waals surface area contributed by atoms with Crippen molar-refractivity contribution < 1.29 is 9.53 Å². The molecular weight excluding hydrogens is 376 g/mol. The van der Waals surface area contributed by atoms with Crippen molar-refractivity contribution in [2.75, 3.05) is 32.1 Å². The number of nitrogens with one attached hydrogen (secondary N) is 1. The molecule has 2 aromatic heterocycles. The molecule has 30 heavy (non-hydrogen) atoms. The minimum Gasteiger partial charge on any atom is -0.384 e. The van der Waals surface area contributed by atoms with Gasteiger partial charge in [0.25, 0.3) is 5.91 Å². The fraction of sp³-hybridized carbons (Fsp3) is 0.417. The molecule has 0 spiro atoms. The molecular formula is C24H30N4O2. The second-order valence-electron chi connectivity index (χ2n) is 8.37. The number of hydrogen-bond acceptors (Lipinski definition) is 4. The summed E-state index contributed by atoms with van der Waals surface area (Å²) in [4.78, 5) is 19.7. The lowest BCUT2D eigenvalue weighted by Crippen LogP contribution is -2.51. The molecule has 1 saturated heterocycles. The summed E-state index contributed by atoms with van der Waals surface area (Å²) >= 11 is 0. The minimum atomic E-state index is 0.0603. The van der Waals surface area contributed by atoms with Gasteiger partial charge in [0.2, 0.25) is 0 Å². The van der Waals surface area contributed by atoms with E-state index in [4.69, 9.17) is 9.72 Å². The van der Waals surface area contributed by atoms with Gasteiger partial charge in [-0.2, -0.15) is 0 Å². The van der Waals surface area contributed by atoms with E-state index < -0.39 is 0 Å². The van der Waals surface area contributed by atoms with Gasteiger partial charge in [-0.25, -0.2) is 4.98 Å². The molecule has 0 bridgehead atoms. The maximum atomic E-state index is 13.1. The maximum absolute atomic E-state index is 13.1. The van der Waals surface area contributed by atoms with Crippen LogP contribution >= 0.6 is 0 Å². The Morgan fingerprint density at radius 1 is 1.20 bits per heavy atom. The summed E-state index contributed by atoms with van der Waals surface area (Å²) < 4.78 is 7.24. The third-order valence-corrected chi connectivity index (χ3v) is 6.19. The number of ether oxygens (including phenoxy) is 1. The molecule has 1 fully saturated rings. The summed E-state index contributed by atoms with van der Waals surface area (Å²) in [6.07, 6.45) is 1.92. The SMILES string of the molecule is COCC1CN(C(=O)c2cc(NCc3c(C)cccc3C)c3nc(C)c(C)n3c2)C1. The Morgan fingerprint density at radius 3 is 2.57 bits per heavy atom. The van der Waals surface area contributed by atoms with Gasteiger partial charge >= 0.3 is 0 Å². The van der Waals surface area contributed by atoms with E-state index in [-0.39, 0.29) is 5.91 Å². The van der Waals surface area contributed by atoms with E-state index in [2.05, 4.69) is 37.4 Å². The van der Waals surface area contributed by atoms with Crippen molar-refractivity contribution >= 4 is 17.2 Å². The third-order valence-electron chi connectivity index (χ3n) is 6.19. The summed E-state index contributed by atoms with van der Waals surface area (Å²) in [7, 11) is 1.71. The van der Waals surface area contributed by atoms with Crippen molar-refractivity contribution in [2.24, 2.45) is 5.92 Å². The normalized spacial score (nSPS) is 14.2. The van der Waals surface area contributed by atoms with Crippen molar-refractivity contribution in [3.05, 3.63) is 64.1 Å². The van der Waals surface area contributed by atoms with Gasteiger partial charge in [-0.05, 0) is 50.5 Å². The average molecular weight is 407 g/mol. The standard InChI is InChI=1S/C24H30N4O2/c1-15-7-6-8-16(2)21(15)10-25-22-9-20(13-28-18(4)17(3)26-23(22)28)24(29)27-11-19(12-27)14-30-5/h6-9,13,19,25H,10-12,14H2,1-5H3. The molecule has 6 heteroatoms. The van der Waals surface area contributed by atoms with Gasteiger partial charge in [0.15, 0.2) is 5.65 Å². The van der Waals surface area contributed by atoms with Gasteiger partial charge in [0.1, 0.15) is 0 Å². The highest BCUT2D eigenvalue weighted by atomic mass is 16.5. The second kappa shape index (κ2) is 8.11. The summed E-state index contributed by atoms with van der Waals surface area (Å²) in [5.74, 6) is 0.492. The zero-order chi connectivity index (χ0) is 21.4. The number of benzene rings is 1. The van der Waals surface area contributed by atoms with Crippen LogP contribution in [0.2, 0.25) is 0 Å². The number of pyridine rings is 1. The molecule has 0 saturated carbocycles. The maximum Gasteiger partial charge on any atom is 0.255 e. The minimum absolute atomic E-state index is 0.0603. The lowest BCUT2D eigenvalue weighted by molar-refractivity contribution is 0.0270. The number of aryl methyl sites for hydroxylation is 4. The van der Waals surface area contributed by atoms with Crippen LogP contribution in [0.4, 0.5) is 5.69 Å². The molecule has 1 aliphatic heterocycles. The van der Waals surface area contributed by atoms with Crippen molar-refractivity contribution in [1.29, 1.82) is 0 Å². The van der Waals surface area contributed by atoms with Crippen molar-refractivity contribution in [3.63, 3.8) is 0 Å². The predicted molar refractivity (Wildman–Crippen MR) is 119 cm³/mol. The molecule has 1 aromatic carbocycles. The molecule has 0 aliphatic carbocycles. The number of nitrogens with zero attached hydrogens (tertiary/aromatic N) is 3. The Bertz CT molecular complexity index is 1080. The first-order valence-electron chi connectivity index (χ1n) is 10.5. The first-order valence-corrected chi connectivity index (χ1v) is 10.5. The van der Waals surface area contributed by atoms with E-state index in [1.807, 2.05) is 35.4 Å². The highest BCUT2D eigenvalue weighted by Gasteiger charge is 2.31. The zero-order valence-corrected chi connectivity index (χ0v) is 18.5. The summed E-state index contributed by atoms with van der Waals surface area (Å²) in [5.41, 5.74) is 8.23. The first-order chi connectivity index (χ1) is 14.4. The summed E-state index contributed by atoms with van der Waals surface area (Å²) in [6, 6.07) is 8.28. The van der Waals surface area contributed by atoms with E-state index >= 15 is 0 Å². The van der Waals surface area contributed by atoms with E-state index in [0.29, 0.717) is 24.6 Å². The highest BCUT2D eigenvalue weighted by Crippen LogP contribution is 2.26. The van der Waals surface area contributed by atoms with Gasteiger partial charge < -0.3 is 19.4 Å². The average Bonchev–Trinajstić information content (AvgIpc) is 2.98. The fourth-order valence-electron chi connectivity index (χ4n) is 4.19. The second-order valence-corrected chi connectivity index (χ2v) is 8.37. The number of rotatable bonds is 6. The molecule has 4 rings (SSSR count). The molecule has 0 unspecified atom stereocenters. The number of anilines is 1. The predicted octanol–water partition coefficient (Wildman–Crippen LogP) is 3.90. The van der Waals surface area contributed by atoms with Crippen LogP contribution in [0.25, 0.3) is 5.65 Å². The Labute approximate surface area is 177 Å². The molecule has 1 amide bonds. The Balaban J connectivity index is 1.65. The topological polar surface area (TPSA) is 58.9 Å². The molecule has 0 radical (unpaired) electrons. The number of hydrogen-bond donors (Lipinski definition) is 1. The number of amides is 1. The fourth-order valence-corrected chi connectivity index (χ4v) is 4.19. The Hall–Kier alpha value is -2.86. The van der Waals surface area contributed by atoms with E-state index in [9.17, 15) is 4.79 Å². The molecule has 3 aromatic rings. The summed E-state index contributed by atoms with van der Waals surface area (Å²) in [6.45, 7) is 11.2. The van der Waals surface area contributed by atoms with Gasteiger partial charge in [-0.1, -0.05) is 18.2 Å². The van der Waals surface area contributed by atoms with Crippen LogP contribution in [0.1, 0.15) is 38.4 Å². The van der Waals surface area contributed by atoms with Crippen LogP contribution in [0, 0.1) is 33.6 Å². The van der Waals surface area contributed by atoms with Crippen LogP contribution in [0.5, 0.6) is 0 Å². The number of carbonyl (C=O) groups is 1. The smallest absolute Gasteiger partial charge is 0.255 e. The zero-order valence-electron chi connectivity index (χ0n) is 18.5. The van der Waals surface area contributed by atoms with Gasteiger partial charge in [-0.3, -0.25) is 4.79 Å². The number of aromatic nitrogens is 2. The van der Waals surface area contributed by atoms with E-state index in [1.165, 1.54) is 16.7 Å². The van der Waals surface area contributed by atoms with Crippen LogP contribution in [0.3, 0.4) is 0 Å². The van der Waals surface area contributed by atoms with Crippen LogP contribution in [-0.2, 0) is 11.3 Å². The number of imidazole rings is 1. The Morgan fingerprint density at radius 2 is 1.90 bits per heavy atom. The largest absolute Gasteiger partial charge is 0.384 e. The lowest BCUT2D eigenvalue weighted by atomic mass is 10.00. The van der Waals surface area contributed by atoms with Crippen LogP contribution < -0.4 is 5.32 Å². The lowest BCUT2D eigenvalue weighted by Gasteiger charge is -2.39. The summed E-state index contributed by atoms with van der Waals surface area (Å²) in [5, 5.41) is 3.55. The number of likely N-dealkylation sites (tertiary alicyclic amines) is 1. The number of methoxy groups -OCH3 is 1. The molecule has 1 aliphatic rings. The van der Waals surface area contributed by atoms with Crippen molar-refractivity contribution in [3.8, 4) is 0 Å². The molecule has 158 valence electrons. The van der Waals surface area contributed by atoms with Gasteiger partial charge in [0, 0.05) is 44.6 Å². The van der Waals surface area contributed by atoms with E-state index in [0.717, 1.165) is 35.8 Å².